The molecule has 0 aliphatic carbocycles. The first-order valence-corrected chi connectivity index (χ1v) is 8.73. The summed E-state index contributed by atoms with van der Waals surface area (Å²) in [5.41, 5.74) is 4.66. The molecule has 0 atom stereocenters. The average molecular weight is 391 g/mol. The number of halogens is 1. The maximum Gasteiger partial charge on any atom is 0.255 e. The van der Waals surface area contributed by atoms with Crippen LogP contribution >= 0.6 is 15.9 Å². The second kappa shape index (κ2) is 6.57. The predicted octanol–water partition coefficient (Wildman–Crippen LogP) is 5.85. The van der Waals surface area contributed by atoms with Crippen LogP contribution in [0.5, 0.6) is 0 Å². The second-order valence-electron chi connectivity index (χ2n) is 5.81. The van der Waals surface area contributed by atoms with Gasteiger partial charge in [-0.2, -0.15) is 0 Å². The molecule has 1 heterocycles. The van der Waals surface area contributed by atoms with Crippen molar-refractivity contribution in [1.82, 2.24) is 4.98 Å². The van der Waals surface area contributed by atoms with Gasteiger partial charge in [0, 0.05) is 32.3 Å². The third-order valence-electron chi connectivity index (χ3n) is 4.09. The number of fused-ring (bicyclic) bond motifs is 1. The van der Waals surface area contributed by atoms with Crippen LogP contribution in [0.3, 0.4) is 0 Å². The van der Waals surface area contributed by atoms with Gasteiger partial charge in [-0.15, -0.1) is 0 Å². The number of hydrogen-bond acceptors (Lipinski definition) is 1. The van der Waals surface area contributed by atoms with Crippen LogP contribution in [-0.2, 0) is 0 Å². The van der Waals surface area contributed by atoms with E-state index in [1.54, 1.807) is 12.1 Å². The first-order valence-electron chi connectivity index (χ1n) is 7.94. The third-order valence-corrected chi connectivity index (χ3v) is 4.62. The van der Waals surface area contributed by atoms with E-state index < -0.39 is 0 Å². The average Bonchev–Trinajstić information content (AvgIpc) is 3.07. The molecule has 0 saturated heterocycles. The number of para-hydroxylation sites is 1. The molecule has 0 unspecified atom stereocenters. The maximum absolute atomic E-state index is 12.3. The van der Waals surface area contributed by atoms with Gasteiger partial charge >= 0.3 is 0 Å². The van der Waals surface area contributed by atoms with Crippen LogP contribution in [0, 0.1) is 0 Å². The first-order chi connectivity index (χ1) is 12.2. The lowest BCUT2D eigenvalue weighted by atomic mass is 10.1. The number of amides is 1. The molecule has 4 rings (SSSR count). The minimum atomic E-state index is -0.120. The monoisotopic (exact) mass is 390 g/mol. The van der Waals surface area contributed by atoms with E-state index in [0.29, 0.717) is 5.56 Å². The molecule has 0 spiro atoms. The zero-order valence-electron chi connectivity index (χ0n) is 13.3. The Labute approximate surface area is 153 Å². The summed E-state index contributed by atoms with van der Waals surface area (Å²) >= 11 is 3.37. The fourth-order valence-corrected chi connectivity index (χ4v) is 3.03. The quantitative estimate of drug-likeness (QED) is 0.452. The molecule has 1 aromatic heterocycles. The predicted molar refractivity (Wildman–Crippen MR) is 106 cm³/mol. The summed E-state index contributed by atoms with van der Waals surface area (Å²) in [4.78, 5) is 15.7. The van der Waals surface area contributed by atoms with E-state index >= 15 is 0 Å². The Morgan fingerprint density at radius 2 is 1.60 bits per heavy atom. The molecule has 0 bridgehead atoms. The largest absolute Gasteiger partial charge is 0.355 e. The van der Waals surface area contributed by atoms with Crippen molar-refractivity contribution in [1.29, 1.82) is 0 Å². The molecule has 4 aromatic rings. The summed E-state index contributed by atoms with van der Waals surface area (Å²) in [6.45, 7) is 0. The summed E-state index contributed by atoms with van der Waals surface area (Å²) in [7, 11) is 0. The van der Waals surface area contributed by atoms with E-state index in [-0.39, 0.29) is 5.91 Å². The Morgan fingerprint density at radius 3 is 2.32 bits per heavy atom. The maximum atomic E-state index is 12.3. The van der Waals surface area contributed by atoms with Crippen LogP contribution in [-0.4, -0.2) is 10.9 Å². The lowest BCUT2D eigenvalue weighted by Gasteiger charge is -2.06. The SMILES string of the molecule is O=C(Nc1ccc(-c2cc3ccccc3[nH]2)cc1)c1ccc(Br)cc1. The first kappa shape index (κ1) is 15.7. The molecule has 3 nitrogen and oxygen atoms in total. The smallest absolute Gasteiger partial charge is 0.255 e. The number of H-pyrrole nitrogens is 1. The summed E-state index contributed by atoms with van der Waals surface area (Å²) in [6.07, 6.45) is 0. The van der Waals surface area contributed by atoms with Gasteiger partial charge in [0.1, 0.15) is 0 Å². The van der Waals surface area contributed by atoms with Crippen LogP contribution in [0.2, 0.25) is 0 Å². The molecule has 4 heteroatoms. The Bertz CT molecular complexity index is 1000. The van der Waals surface area contributed by atoms with Gasteiger partial charge in [0.2, 0.25) is 0 Å². The topological polar surface area (TPSA) is 44.9 Å². The molecule has 0 fully saturated rings. The molecule has 0 radical (unpaired) electrons. The van der Waals surface area contributed by atoms with Crippen molar-refractivity contribution in [3.05, 3.63) is 88.9 Å². The summed E-state index contributed by atoms with van der Waals surface area (Å²) in [5.74, 6) is -0.120. The van der Waals surface area contributed by atoms with Gasteiger partial charge in [-0.25, -0.2) is 0 Å². The molecule has 0 saturated carbocycles. The number of benzene rings is 3. The highest BCUT2D eigenvalue weighted by atomic mass is 79.9. The Hall–Kier alpha value is -2.85. The second-order valence-corrected chi connectivity index (χ2v) is 6.72. The van der Waals surface area contributed by atoms with E-state index in [2.05, 4.69) is 44.4 Å². The van der Waals surface area contributed by atoms with E-state index in [1.807, 2.05) is 48.5 Å². The van der Waals surface area contributed by atoms with Gasteiger partial charge in [0.15, 0.2) is 0 Å². The van der Waals surface area contributed by atoms with Crippen LogP contribution in [0.1, 0.15) is 10.4 Å². The Kier molecular flexibility index (Phi) is 4.12. The van der Waals surface area contributed by atoms with Crippen molar-refractivity contribution in [3.63, 3.8) is 0 Å². The number of anilines is 1. The number of aromatic nitrogens is 1. The minimum Gasteiger partial charge on any atom is -0.355 e. The van der Waals surface area contributed by atoms with Crippen molar-refractivity contribution >= 4 is 38.4 Å². The molecule has 0 aliphatic heterocycles. The number of rotatable bonds is 3. The van der Waals surface area contributed by atoms with Gasteiger partial charge in [-0.3, -0.25) is 4.79 Å². The highest BCUT2D eigenvalue weighted by molar-refractivity contribution is 9.10. The van der Waals surface area contributed by atoms with E-state index in [0.717, 1.165) is 26.9 Å². The van der Waals surface area contributed by atoms with E-state index in [9.17, 15) is 4.79 Å². The molecule has 1 amide bonds. The molecular weight excluding hydrogens is 376 g/mol. The van der Waals surface area contributed by atoms with Gasteiger partial charge in [0.05, 0.1) is 0 Å². The van der Waals surface area contributed by atoms with Crippen molar-refractivity contribution in [2.24, 2.45) is 0 Å². The number of carbonyl (C=O) groups is 1. The van der Waals surface area contributed by atoms with Crippen molar-refractivity contribution in [2.45, 2.75) is 0 Å². The minimum absolute atomic E-state index is 0.120. The third kappa shape index (κ3) is 3.35. The number of hydrogen-bond donors (Lipinski definition) is 2. The molecule has 25 heavy (non-hydrogen) atoms. The summed E-state index contributed by atoms with van der Waals surface area (Å²) in [6, 6.07) is 25.4. The Morgan fingerprint density at radius 1 is 0.880 bits per heavy atom. The molecule has 2 N–H and O–H groups in total. The zero-order chi connectivity index (χ0) is 17.2. The van der Waals surface area contributed by atoms with Gasteiger partial charge in [-0.05, 0) is 54.1 Å². The van der Waals surface area contributed by atoms with Crippen molar-refractivity contribution < 1.29 is 4.79 Å². The lowest BCUT2D eigenvalue weighted by molar-refractivity contribution is 0.102. The lowest BCUT2D eigenvalue weighted by Crippen LogP contribution is -2.11. The molecular formula is C21H15BrN2O. The van der Waals surface area contributed by atoms with E-state index in [4.69, 9.17) is 0 Å². The molecule has 0 aliphatic rings. The van der Waals surface area contributed by atoms with Gasteiger partial charge in [0.25, 0.3) is 5.91 Å². The van der Waals surface area contributed by atoms with Crippen LogP contribution in [0.15, 0.2) is 83.3 Å². The van der Waals surface area contributed by atoms with Crippen molar-refractivity contribution in [3.8, 4) is 11.3 Å². The van der Waals surface area contributed by atoms with Crippen LogP contribution < -0.4 is 5.32 Å². The molecule has 122 valence electrons. The Balaban J connectivity index is 1.53. The van der Waals surface area contributed by atoms with Gasteiger partial charge < -0.3 is 10.3 Å². The number of nitrogens with one attached hydrogen (secondary N) is 2. The summed E-state index contributed by atoms with van der Waals surface area (Å²) in [5, 5.41) is 4.10. The van der Waals surface area contributed by atoms with Crippen LogP contribution in [0.4, 0.5) is 5.69 Å². The van der Waals surface area contributed by atoms with Crippen LogP contribution in [0.25, 0.3) is 22.2 Å². The standard InChI is InChI=1S/C21H15BrN2O/c22-17-9-5-15(6-10-17)21(25)23-18-11-7-14(8-12-18)20-13-16-3-1-2-4-19(16)24-20/h1-13,24H,(H,23,25). The highest BCUT2D eigenvalue weighted by Gasteiger charge is 2.07. The molecule has 3 aromatic carbocycles. The normalized spacial score (nSPS) is 10.8. The summed E-state index contributed by atoms with van der Waals surface area (Å²) < 4.78 is 0.951. The zero-order valence-corrected chi connectivity index (χ0v) is 14.9. The fourth-order valence-electron chi connectivity index (χ4n) is 2.77. The van der Waals surface area contributed by atoms with E-state index in [1.165, 1.54) is 5.39 Å². The van der Waals surface area contributed by atoms with Crippen molar-refractivity contribution in [2.75, 3.05) is 5.32 Å². The van der Waals surface area contributed by atoms with Gasteiger partial charge in [-0.1, -0.05) is 46.3 Å². The number of aromatic amines is 1. The highest BCUT2D eigenvalue weighted by Crippen LogP contribution is 2.25. The fraction of sp³-hybridized carbons (Fsp3) is 0. The number of carbonyl (C=O) groups excluding carboxylic acids is 1.